The van der Waals surface area contributed by atoms with Crippen LogP contribution in [0.1, 0.15) is 56.4 Å². The third-order valence-corrected chi connectivity index (χ3v) is 8.57. The molecule has 6 aromatic rings. The first-order valence-electron chi connectivity index (χ1n) is 16.1. The van der Waals surface area contributed by atoms with E-state index >= 15 is 0 Å². The predicted octanol–water partition coefficient (Wildman–Crippen LogP) is 11.1. The minimum atomic E-state index is 0.849. The second-order valence-electron chi connectivity index (χ2n) is 11.3. The first-order chi connectivity index (χ1) is 23.1. The second kappa shape index (κ2) is 13.7. The molecule has 0 amide bonds. The summed E-state index contributed by atoms with van der Waals surface area (Å²) in [4.78, 5) is 14.1. The molecule has 0 N–H and O–H groups in total. The lowest BCUT2D eigenvalue weighted by molar-refractivity contribution is 0.920. The summed E-state index contributed by atoms with van der Waals surface area (Å²) in [6, 6.07) is 25.5. The quantitative estimate of drug-likeness (QED) is 0.121. The molecule has 0 radical (unpaired) electrons. The molecule has 0 spiro atoms. The molecule has 3 heterocycles. The van der Waals surface area contributed by atoms with Gasteiger partial charge < -0.3 is 0 Å². The molecule has 0 atom stereocenters. The summed E-state index contributed by atoms with van der Waals surface area (Å²) in [5.41, 5.74) is 12.5. The van der Waals surface area contributed by atoms with E-state index in [0.717, 1.165) is 90.8 Å². The van der Waals surface area contributed by atoms with Gasteiger partial charge in [0.25, 0.3) is 0 Å². The van der Waals surface area contributed by atoms with Crippen LogP contribution in [0.5, 0.6) is 0 Å². The maximum absolute atomic E-state index is 6.30. The van der Waals surface area contributed by atoms with Gasteiger partial charge in [0.05, 0.1) is 11.2 Å². The van der Waals surface area contributed by atoms with Crippen LogP contribution < -0.4 is 0 Å². The Morgan fingerprint density at radius 3 is 2.30 bits per heavy atom. The maximum atomic E-state index is 6.30. The zero-order valence-corrected chi connectivity index (χ0v) is 27.5. The van der Waals surface area contributed by atoms with Crippen molar-refractivity contribution in [3.8, 4) is 45.9 Å². The maximum Gasteiger partial charge on any atom is 0.146 e. The highest BCUT2D eigenvalue weighted by molar-refractivity contribution is 6.10. The Bertz CT molecular complexity index is 2240. The molecule has 0 aliphatic heterocycles. The van der Waals surface area contributed by atoms with Gasteiger partial charge in [0, 0.05) is 40.5 Å². The number of terminal acetylenes is 1. The molecule has 0 aliphatic carbocycles. The summed E-state index contributed by atoms with van der Waals surface area (Å²) in [6.45, 7) is 12.4. The molecular weight excluding hydrogens is 573 g/mol. The summed E-state index contributed by atoms with van der Waals surface area (Å²) in [6.07, 6.45) is 21.8. The van der Waals surface area contributed by atoms with Gasteiger partial charge in [0.2, 0.25) is 0 Å². The highest BCUT2D eigenvalue weighted by Gasteiger charge is 2.23. The van der Waals surface area contributed by atoms with Gasteiger partial charge in [-0.25, -0.2) is 9.98 Å². The predicted molar refractivity (Wildman–Crippen MR) is 202 cm³/mol. The Labute approximate surface area is 277 Å². The van der Waals surface area contributed by atoms with Crippen molar-refractivity contribution >= 4 is 46.1 Å². The van der Waals surface area contributed by atoms with Crippen molar-refractivity contribution in [2.75, 3.05) is 0 Å². The minimum absolute atomic E-state index is 0.849. The lowest BCUT2D eigenvalue weighted by atomic mass is 9.80. The van der Waals surface area contributed by atoms with Crippen LogP contribution in [0.2, 0.25) is 0 Å². The molecular formula is C43H38N4. The van der Waals surface area contributed by atoms with Crippen LogP contribution in [0.25, 0.3) is 73.4 Å². The number of fused-ring (bicyclic) bond motifs is 3. The van der Waals surface area contributed by atoms with Gasteiger partial charge in [-0.3, -0.25) is 9.55 Å². The lowest BCUT2D eigenvalue weighted by Crippen LogP contribution is -2.05. The normalized spacial score (nSPS) is 12.0. The summed E-state index contributed by atoms with van der Waals surface area (Å²) in [5.74, 6) is 3.91. The average Bonchev–Trinajstić information content (AvgIpc) is 3.44. The molecule has 6 rings (SSSR count). The van der Waals surface area contributed by atoms with Crippen LogP contribution in [-0.2, 0) is 6.42 Å². The number of pyridine rings is 2. The first kappa shape index (κ1) is 31.2. The smallest absolute Gasteiger partial charge is 0.146 e. The molecule has 0 saturated carbocycles. The molecule has 47 heavy (non-hydrogen) atoms. The van der Waals surface area contributed by atoms with Crippen molar-refractivity contribution < 1.29 is 0 Å². The van der Waals surface area contributed by atoms with E-state index in [0.29, 0.717) is 0 Å². The molecule has 0 saturated heterocycles. The number of aromatic nitrogens is 3. The van der Waals surface area contributed by atoms with E-state index in [9.17, 15) is 0 Å². The van der Waals surface area contributed by atoms with Gasteiger partial charge in [-0.2, -0.15) is 0 Å². The number of allylic oxidation sites excluding steroid dienone is 2. The standard InChI is InChI=1S/C43H38N4/c1-7-16-34-32(9-3)42(38-19-13-14-26-45-38)33(10-4)35(17-8-2)41(34)30-22-20-29(21-23-30)31-24-25-39-37(28-31)36-18-15-27-46-43(36)47(39)40(11-5)44-12-6/h3,8,10-15,17-28H,4,7,16H2,1-2,5-6H3/b17-8-,40-11+,44-12?. The SMILES string of the molecule is C#Cc1c(CCC)c(-c2ccc(-c3ccc4c(c3)c3cccnc3n4/C(=C/C)N=CC)cc2)c(/C=C\C)c(C=C)c1-c1ccccn1. The van der Waals surface area contributed by atoms with Gasteiger partial charge in [-0.05, 0) is 109 Å². The van der Waals surface area contributed by atoms with Gasteiger partial charge in [-0.1, -0.05) is 80.5 Å². The summed E-state index contributed by atoms with van der Waals surface area (Å²) in [7, 11) is 0. The first-order valence-corrected chi connectivity index (χ1v) is 16.1. The largest absolute Gasteiger partial charge is 0.278 e. The van der Waals surface area contributed by atoms with Crippen LogP contribution in [0.15, 0.2) is 109 Å². The van der Waals surface area contributed by atoms with E-state index in [4.69, 9.17) is 16.4 Å². The fraction of sp³-hybridized carbons (Fsp3) is 0.140. The Kier molecular flexibility index (Phi) is 9.09. The van der Waals surface area contributed by atoms with Crippen molar-refractivity contribution in [3.63, 3.8) is 0 Å². The van der Waals surface area contributed by atoms with E-state index in [1.54, 1.807) is 0 Å². The molecule has 3 aromatic heterocycles. The molecule has 0 unspecified atom stereocenters. The highest BCUT2D eigenvalue weighted by Crippen LogP contribution is 2.42. The van der Waals surface area contributed by atoms with E-state index in [1.165, 1.54) is 5.56 Å². The number of rotatable bonds is 9. The summed E-state index contributed by atoms with van der Waals surface area (Å²) < 4.78 is 2.13. The highest BCUT2D eigenvalue weighted by atomic mass is 15.1. The number of benzene rings is 3. The van der Waals surface area contributed by atoms with Gasteiger partial charge >= 0.3 is 0 Å². The number of nitrogens with zero attached hydrogens (tertiary/aromatic N) is 4. The fourth-order valence-corrected chi connectivity index (χ4v) is 6.64. The molecule has 0 fully saturated rings. The topological polar surface area (TPSA) is 43.1 Å². The zero-order chi connectivity index (χ0) is 32.9. The van der Waals surface area contributed by atoms with Crippen molar-refractivity contribution in [2.45, 2.75) is 40.5 Å². The Morgan fingerprint density at radius 2 is 1.64 bits per heavy atom. The molecule has 4 nitrogen and oxygen atoms in total. The molecule has 4 heteroatoms. The van der Waals surface area contributed by atoms with Crippen LogP contribution >= 0.6 is 0 Å². The van der Waals surface area contributed by atoms with Crippen molar-refractivity contribution in [1.82, 2.24) is 14.5 Å². The third kappa shape index (κ3) is 5.51. The summed E-state index contributed by atoms with van der Waals surface area (Å²) >= 11 is 0. The number of hydrogen-bond donors (Lipinski definition) is 0. The molecule has 0 bridgehead atoms. The fourth-order valence-electron chi connectivity index (χ4n) is 6.64. The third-order valence-electron chi connectivity index (χ3n) is 8.57. The van der Waals surface area contributed by atoms with Crippen molar-refractivity contribution in [3.05, 3.63) is 126 Å². The summed E-state index contributed by atoms with van der Waals surface area (Å²) in [5, 5.41) is 2.24. The minimum Gasteiger partial charge on any atom is -0.278 e. The van der Waals surface area contributed by atoms with E-state index in [-0.39, 0.29) is 0 Å². The zero-order valence-electron chi connectivity index (χ0n) is 27.5. The Hall–Kier alpha value is -5.79. The molecule has 3 aromatic carbocycles. The van der Waals surface area contributed by atoms with Gasteiger partial charge in [0.1, 0.15) is 11.5 Å². The van der Waals surface area contributed by atoms with E-state index in [2.05, 4.69) is 89.7 Å². The van der Waals surface area contributed by atoms with Gasteiger partial charge in [0.15, 0.2) is 0 Å². The van der Waals surface area contributed by atoms with Crippen LogP contribution in [0.3, 0.4) is 0 Å². The Morgan fingerprint density at radius 1 is 0.872 bits per heavy atom. The van der Waals surface area contributed by atoms with Crippen molar-refractivity contribution in [2.24, 2.45) is 4.99 Å². The number of hydrogen-bond acceptors (Lipinski definition) is 3. The van der Waals surface area contributed by atoms with E-state index in [1.807, 2.05) is 75.8 Å². The van der Waals surface area contributed by atoms with Crippen LogP contribution in [0, 0.1) is 12.3 Å². The monoisotopic (exact) mass is 610 g/mol. The van der Waals surface area contributed by atoms with Crippen LogP contribution in [0.4, 0.5) is 0 Å². The van der Waals surface area contributed by atoms with E-state index < -0.39 is 0 Å². The molecule has 0 aliphatic rings. The lowest BCUT2D eigenvalue weighted by Gasteiger charge is -2.23. The average molecular weight is 611 g/mol. The van der Waals surface area contributed by atoms with Gasteiger partial charge in [-0.15, -0.1) is 6.42 Å². The molecule has 230 valence electrons. The number of aliphatic imine (C=N–C) groups is 1. The van der Waals surface area contributed by atoms with Crippen molar-refractivity contribution in [1.29, 1.82) is 0 Å². The second-order valence-corrected chi connectivity index (χ2v) is 11.3. The Balaban J connectivity index is 1.53. The van der Waals surface area contributed by atoms with Crippen LogP contribution in [-0.4, -0.2) is 20.7 Å².